The van der Waals surface area contributed by atoms with Gasteiger partial charge in [-0.25, -0.2) is 0 Å². The maximum absolute atomic E-state index is 10.7. The van der Waals surface area contributed by atoms with Crippen molar-refractivity contribution in [1.29, 1.82) is 0 Å². The Morgan fingerprint density at radius 2 is 1.48 bits per heavy atom. The van der Waals surface area contributed by atoms with Crippen LogP contribution in [0.15, 0.2) is 78.9 Å². The third-order valence-electron chi connectivity index (χ3n) is 3.46. The molecule has 0 aliphatic heterocycles. The van der Waals surface area contributed by atoms with Crippen molar-refractivity contribution in [2.24, 2.45) is 0 Å². The predicted molar refractivity (Wildman–Crippen MR) is 89.7 cm³/mol. The van der Waals surface area contributed by atoms with E-state index in [1.165, 1.54) is 0 Å². The molecule has 3 aromatic carbocycles. The zero-order valence-electron chi connectivity index (χ0n) is 12.5. The van der Waals surface area contributed by atoms with Gasteiger partial charge < -0.3 is 9.84 Å². The number of rotatable bonds is 5. The minimum atomic E-state index is -0.839. The van der Waals surface area contributed by atoms with Gasteiger partial charge in [-0.2, -0.15) is 0 Å². The smallest absolute Gasteiger partial charge is 0.307 e. The molecule has 23 heavy (non-hydrogen) atoms. The summed E-state index contributed by atoms with van der Waals surface area (Å²) in [4.78, 5) is 10.7. The van der Waals surface area contributed by atoms with Crippen molar-refractivity contribution in [3.05, 3.63) is 84.4 Å². The van der Waals surface area contributed by atoms with Crippen LogP contribution in [0.2, 0.25) is 0 Å². The van der Waals surface area contributed by atoms with Crippen LogP contribution in [-0.2, 0) is 11.2 Å². The zero-order chi connectivity index (χ0) is 16.1. The topological polar surface area (TPSA) is 46.5 Å². The first-order chi connectivity index (χ1) is 11.2. The normalized spacial score (nSPS) is 10.3. The Hall–Kier alpha value is -3.07. The van der Waals surface area contributed by atoms with Crippen LogP contribution in [0.25, 0.3) is 11.1 Å². The number of carboxylic acids is 1. The van der Waals surface area contributed by atoms with Crippen molar-refractivity contribution in [2.75, 3.05) is 0 Å². The summed E-state index contributed by atoms with van der Waals surface area (Å²) in [5, 5.41) is 8.78. The summed E-state index contributed by atoms with van der Waals surface area (Å²) in [6.45, 7) is 0. The van der Waals surface area contributed by atoms with Crippen LogP contribution in [-0.4, -0.2) is 11.1 Å². The summed E-state index contributed by atoms with van der Waals surface area (Å²) < 4.78 is 5.85. The first-order valence-electron chi connectivity index (χ1n) is 7.35. The van der Waals surface area contributed by atoms with E-state index in [0.29, 0.717) is 5.75 Å². The van der Waals surface area contributed by atoms with Crippen molar-refractivity contribution in [3.63, 3.8) is 0 Å². The van der Waals surface area contributed by atoms with Crippen LogP contribution in [0.5, 0.6) is 11.5 Å². The number of benzene rings is 3. The largest absolute Gasteiger partial charge is 0.481 e. The highest BCUT2D eigenvalue weighted by molar-refractivity contribution is 5.70. The molecule has 0 saturated carbocycles. The maximum Gasteiger partial charge on any atom is 0.307 e. The van der Waals surface area contributed by atoms with E-state index >= 15 is 0 Å². The van der Waals surface area contributed by atoms with Crippen molar-refractivity contribution in [3.8, 4) is 22.6 Å². The minimum absolute atomic E-state index is 0.0176. The second kappa shape index (κ2) is 6.79. The van der Waals surface area contributed by atoms with Gasteiger partial charge in [0.15, 0.2) is 0 Å². The van der Waals surface area contributed by atoms with Gasteiger partial charge in [0.2, 0.25) is 0 Å². The molecule has 0 unspecified atom stereocenters. The molecule has 3 heteroatoms. The van der Waals surface area contributed by atoms with Crippen LogP contribution in [0.1, 0.15) is 5.56 Å². The zero-order valence-corrected chi connectivity index (χ0v) is 12.5. The van der Waals surface area contributed by atoms with Crippen LogP contribution in [0.3, 0.4) is 0 Å². The van der Waals surface area contributed by atoms with Gasteiger partial charge >= 0.3 is 5.97 Å². The molecule has 0 spiro atoms. The fourth-order valence-corrected chi connectivity index (χ4v) is 2.36. The van der Waals surface area contributed by atoms with Crippen LogP contribution in [0, 0.1) is 0 Å². The highest BCUT2D eigenvalue weighted by Gasteiger charge is 2.03. The maximum atomic E-state index is 10.7. The van der Waals surface area contributed by atoms with Crippen molar-refractivity contribution < 1.29 is 14.6 Å². The fraction of sp³-hybridized carbons (Fsp3) is 0.0500. The quantitative estimate of drug-likeness (QED) is 0.738. The van der Waals surface area contributed by atoms with Gasteiger partial charge in [-0.15, -0.1) is 0 Å². The third-order valence-corrected chi connectivity index (χ3v) is 3.46. The average molecular weight is 304 g/mol. The van der Waals surface area contributed by atoms with E-state index in [-0.39, 0.29) is 6.42 Å². The molecule has 0 heterocycles. The van der Waals surface area contributed by atoms with Gasteiger partial charge in [0.25, 0.3) is 0 Å². The Kier molecular flexibility index (Phi) is 4.39. The lowest BCUT2D eigenvalue weighted by Gasteiger charge is -2.08. The number of hydrogen-bond donors (Lipinski definition) is 1. The highest BCUT2D eigenvalue weighted by Crippen LogP contribution is 2.27. The summed E-state index contributed by atoms with van der Waals surface area (Å²) >= 11 is 0. The Labute approximate surface area is 134 Å². The molecule has 0 saturated heterocycles. The molecule has 0 aliphatic carbocycles. The van der Waals surface area contributed by atoms with Gasteiger partial charge in [0.1, 0.15) is 11.5 Å². The lowest BCUT2D eigenvalue weighted by atomic mass is 10.1. The Bertz CT molecular complexity index is 793. The predicted octanol–water partition coefficient (Wildman–Crippen LogP) is 4.77. The number of hydrogen-bond acceptors (Lipinski definition) is 2. The van der Waals surface area contributed by atoms with E-state index < -0.39 is 5.97 Å². The summed E-state index contributed by atoms with van der Waals surface area (Å²) in [5.41, 5.74) is 2.98. The van der Waals surface area contributed by atoms with Crippen LogP contribution < -0.4 is 4.74 Å². The molecule has 0 amide bonds. The molecule has 0 radical (unpaired) electrons. The molecule has 3 rings (SSSR count). The van der Waals surface area contributed by atoms with Crippen molar-refractivity contribution in [1.82, 2.24) is 0 Å². The summed E-state index contributed by atoms with van der Waals surface area (Å²) in [7, 11) is 0. The lowest BCUT2D eigenvalue weighted by molar-refractivity contribution is -0.136. The van der Waals surface area contributed by atoms with E-state index in [0.717, 1.165) is 22.4 Å². The summed E-state index contributed by atoms with van der Waals surface area (Å²) in [5.74, 6) is 0.593. The van der Waals surface area contributed by atoms with Gasteiger partial charge in [-0.1, -0.05) is 54.6 Å². The molecule has 114 valence electrons. The minimum Gasteiger partial charge on any atom is -0.481 e. The molecular formula is C20H16O3. The second-order valence-electron chi connectivity index (χ2n) is 5.21. The number of carbonyl (C=O) groups is 1. The standard InChI is InChI=1S/C20H16O3/c21-20(22)13-15-9-11-18(12-10-15)23-19-8-4-7-17(14-19)16-5-2-1-3-6-16/h1-12,14H,13H2,(H,21,22). The van der Waals surface area contributed by atoms with Gasteiger partial charge in [0, 0.05) is 0 Å². The van der Waals surface area contributed by atoms with E-state index in [4.69, 9.17) is 9.84 Å². The first kappa shape index (κ1) is 14.9. The third kappa shape index (κ3) is 3.98. The Balaban J connectivity index is 1.77. The number of carboxylic acid groups (broad SMARTS) is 1. The molecule has 0 bridgehead atoms. The molecule has 1 N–H and O–H groups in total. The van der Waals surface area contributed by atoms with Gasteiger partial charge in [-0.05, 0) is 41.0 Å². The molecule has 3 aromatic rings. The van der Waals surface area contributed by atoms with Gasteiger partial charge in [-0.3, -0.25) is 4.79 Å². The van der Waals surface area contributed by atoms with E-state index in [9.17, 15) is 4.79 Å². The average Bonchev–Trinajstić information content (AvgIpc) is 2.57. The molecule has 3 nitrogen and oxygen atoms in total. The van der Waals surface area contributed by atoms with E-state index in [1.54, 1.807) is 24.3 Å². The molecule has 0 aromatic heterocycles. The fourth-order valence-electron chi connectivity index (χ4n) is 2.36. The second-order valence-corrected chi connectivity index (χ2v) is 5.21. The van der Waals surface area contributed by atoms with E-state index in [1.807, 2.05) is 42.5 Å². The highest BCUT2D eigenvalue weighted by atomic mass is 16.5. The summed E-state index contributed by atoms with van der Waals surface area (Å²) in [6.07, 6.45) is 0.0176. The van der Waals surface area contributed by atoms with E-state index in [2.05, 4.69) is 12.1 Å². The monoisotopic (exact) mass is 304 g/mol. The van der Waals surface area contributed by atoms with Crippen molar-refractivity contribution in [2.45, 2.75) is 6.42 Å². The number of ether oxygens (including phenoxy) is 1. The first-order valence-corrected chi connectivity index (χ1v) is 7.35. The van der Waals surface area contributed by atoms with Crippen molar-refractivity contribution >= 4 is 5.97 Å². The van der Waals surface area contributed by atoms with Crippen LogP contribution >= 0.6 is 0 Å². The molecule has 0 atom stereocenters. The lowest BCUT2D eigenvalue weighted by Crippen LogP contribution is -1.99. The molecule has 0 aliphatic rings. The van der Waals surface area contributed by atoms with Crippen LogP contribution in [0.4, 0.5) is 0 Å². The molecular weight excluding hydrogens is 288 g/mol. The Morgan fingerprint density at radius 1 is 0.783 bits per heavy atom. The SMILES string of the molecule is O=C(O)Cc1ccc(Oc2cccc(-c3ccccc3)c2)cc1. The van der Waals surface area contributed by atoms with Gasteiger partial charge in [0.05, 0.1) is 6.42 Å². The number of aliphatic carboxylic acids is 1. The molecule has 0 fully saturated rings. The summed E-state index contributed by atoms with van der Waals surface area (Å²) in [6, 6.07) is 25.1. The Morgan fingerprint density at radius 3 is 2.17 bits per heavy atom.